The Kier molecular flexibility index (Phi) is 4.36. The molecule has 0 saturated carbocycles. The molecular formula is C17H20N4O2S. The van der Waals surface area contributed by atoms with Gasteiger partial charge in [-0.25, -0.2) is 9.78 Å². The van der Waals surface area contributed by atoms with Gasteiger partial charge < -0.3 is 4.57 Å². The zero-order valence-corrected chi connectivity index (χ0v) is 15.0. The van der Waals surface area contributed by atoms with Crippen LogP contribution in [0.5, 0.6) is 0 Å². The van der Waals surface area contributed by atoms with Crippen molar-refractivity contribution in [3.8, 4) is 0 Å². The van der Waals surface area contributed by atoms with Gasteiger partial charge in [0.05, 0.1) is 0 Å². The number of hydrogen-bond acceptors (Lipinski definition) is 4. The Bertz CT molecular complexity index is 996. The third kappa shape index (κ3) is 2.91. The molecule has 0 amide bonds. The Morgan fingerprint density at radius 3 is 2.50 bits per heavy atom. The van der Waals surface area contributed by atoms with Gasteiger partial charge in [0.15, 0.2) is 16.3 Å². The van der Waals surface area contributed by atoms with E-state index in [4.69, 9.17) is 0 Å². The summed E-state index contributed by atoms with van der Waals surface area (Å²) in [5, 5.41) is 0.743. The molecule has 0 spiro atoms. The highest BCUT2D eigenvalue weighted by Gasteiger charge is 2.19. The maximum absolute atomic E-state index is 12.3. The van der Waals surface area contributed by atoms with Gasteiger partial charge in [-0.15, -0.1) is 0 Å². The third-order valence-corrected chi connectivity index (χ3v) is 4.95. The number of nitrogens with one attached hydrogen (secondary N) is 1. The number of nitrogens with zero attached hydrogens (tertiary/aromatic N) is 3. The SMILES string of the molecule is Cc1ccc(CSc2nc3c(c(=O)[nH]c(=O)n3C)n2C(C)C)cc1. The average Bonchev–Trinajstić information content (AvgIpc) is 2.92. The van der Waals surface area contributed by atoms with Gasteiger partial charge in [-0.3, -0.25) is 14.3 Å². The van der Waals surface area contributed by atoms with Gasteiger partial charge in [-0.05, 0) is 26.3 Å². The third-order valence-electron chi connectivity index (χ3n) is 3.92. The number of H-pyrrole nitrogens is 1. The van der Waals surface area contributed by atoms with Crippen LogP contribution in [0.4, 0.5) is 0 Å². The minimum atomic E-state index is -0.448. The quantitative estimate of drug-likeness (QED) is 0.739. The zero-order valence-electron chi connectivity index (χ0n) is 14.2. The van der Waals surface area contributed by atoms with E-state index in [9.17, 15) is 9.59 Å². The van der Waals surface area contributed by atoms with Crippen molar-refractivity contribution in [3.63, 3.8) is 0 Å². The van der Waals surface area contributed by atoms with Crippen LogP contribution in [0.2, 0.25) is 0 Å². The number of aromatic amines is 1. The van der Waals surface area contributed by atoms with Crippen LogP contribution in [0, 0.1) is 6.92 Å². The van der Waals surface area contributed by atoms with E-state index in [1.54, 1.807) is 18.8 Å². The minimum Gasteiger partial charge on any atom is -0.311 e. The Hall–Kier alpha value is -2.28. The van der Waals surface area contributed by atoms with E-state index in [-0.39, 0.29) is 6.04 Å². The maximum Gasteiger partial charge on any atom is 0.329 e. The first kappa shape index (κ1) is 16.6. The van der Waals surface area contributed by atoms with Crippen molar-refractivity contribution >= 4 is 22.9 Å². The summed E-state index contributed by atoms with van der Waals surface area (Å²) in [5.74, 6) is 0.752. The Morgan fingerprint density at radius 1 is 1.21 bits per heavy atom. The summed E-state index contributed by atoms with van der Waals surface area (Å²) in [7, 11) is 1.62. The van der Waals surface area contributed by atoms with E-state index in [0.717, 1.165) is 10.9 Å². The van der Waals surface area contributed by atoms with Gasteiger partial charge in [-0.2, -0.15) is 0 Å². The fourth-order valence-electron chi connectivity index (χ4n) is 2.60. The first-order valence-corrected chi connectivity index (χ1v) is 8.76. The van der Waals surface area contributed by atoms with Gasteiger partial charge in [0.1, 0.15) is 0 Å². The predicted molar refractivity (Wildman–Crippen MR) is 96.7 cm³/mol. The second-order valence-corrected chi connectivity index (χ2v) is 7.07. The molecule has 2 aromatic heterocycles. The summed E-state index contributed by atoms with van der Waals surface area (Å²) in [4.78, 5) is 31.0. The number of aryl methyl sites for hydroxylation is 2. The molecule has 0 aliphatic carbocycles. The van der Waals surface area contributed by atoms with E-state index in [1.165, 1.54) is 15.7 Å². The van der Waals surface area contributed by atoms with Crippen LogP contribution in [0.3, 0.4) is 0 Å². The van der Waals surface area contributed by atoms with Crippen LogP contribution in [-0.4, -0.2) is 19.1 Å². The molecule has 0 aliphatic rings. The molecule has 3 rings (SSSR count). The molecule has 0 aliphatic heterocycles. The van der Waals surface area contributed by atoms with Crippen LogP contribution in [0.15, 0.2) is 39.0 Å². The van der Waals surface area contributed by atoms with Gasteiger partial charge in [0.25, 0.3) is 5.56 Å². The summed E-state index contributed by atoms with van der Waals surface area (Å²) in [5.41, 5.74) is 2.44. The predicted octanol–water partition coefficient (Wildman–Crippen LogP) is 2.60. The number of rotatable bonds is 4. The first-order chi connectivity index (χ1) is 11.4. The molecule has 2 heterocycles. The van der Waals surface area contributed by atoms with Gasteiger partial charge in [0, 0.05) is 18.8 Å². The van der Waals surface area contributed by atoms with Crippen molar-refractivity contribution in [3.05, 3.63) is 56.2 Å². The van der Waals surface area contributed by atoms with Crippen molar-refractivity contribution in [2.45, 2.75) is 37.7 Å². The Morgan fingerprint density at radius 2 is 1.88 bits per heavy atom. The molecule has 24 heavy (non-hydrogen) atoms. The minimum absolute atomic E-state index is 0.0640. The van der Waals surface area contributed by atoms with Gasteiger partial charge >= 0.3 is 5.69 Å². The van der Waals surface area contributed by atoms with Crippen molar-refractivity contribution in [1.29, 1.82) is 0 Å². The van der Waals surface area contributed by atoms with E-state index >= 15 is 0 Å². The van der Waals surface area contributed by atoms with E-state index in [0.29, 0.717) is 11.2 Å². The van der Waals surface area contributed by atoms with Gasteiger partial charge in [-0.1, -0.05) is 41.6 Å². The number of hydrogen-bond donors (Lipinski definition) is 1. The smallest absolute Gasteiger partial charge is 0.311 e. The fraction of sp³-hybridized carbons (Fsp3) is 0.353. The van der Waals surface area contributed by atoms with Crippen LogP contribution in [-0.2, 0) is 12.8 Å². The molecule has 0 radical (unpaired) electrons. The summed E-state index contributed by atoms with van der Waals surface area (Å²) < 4.78 is 3.28. The number of thioether (sulfide) groups is 1. The topological polar surface area (TPSA) is 72.7 Å². The highest BCUT2D eigenvalue weighted by atomic mass is 32.2. The molecule has 7 heteroatoms. The zero-order chi connectivity index (χ0) is 17.4. The maximum atomic E-state index is 12.3. The molecule has 0 fully saturated rings. The lowest BCUT2D eigenvalue weighted by Gasteiger charge is -2.12. The van der Waals surface area contributed by atoms with Crippen LogP contribution in [0.1, 0.15) is 31.0 Å². The largest absolute Gasteiger partial charge is 0.329 e. The molecular weight excluding hydrogens is 324 g/mol. The molecule has 0 atom stereocenters. The van der Waals surface area contributed by atoms with Crippen LogP contribution in [0.25, 0.3) is 11.2 Å². The molecule has 1 N–H and O–H groups in total. The van der Waals surface area contributed by atoms with Crippen LogP contribution < -0.4 is 11.2 Å². The molecule has 0 bridgehead atoms. The Balaban J connectivity index is 2.07. The molecule has 1 aromatic carbocycles. The number of aromatic nitrogens is 4. The lowest BCUT2D eigenvalue weighted by molar-refractivity contribution is 0.564. The van der Waals surface area contributed by atoms with E-state index in [2.05, 4.69) is 41.2 Å². The van der Waals surface area contributed by atoms with Gasteiger partial charge in [0.2, 0.25) is 0 Å². The number of imidazole rings is 1. The van der Waals surface area contributed by atoms with E-state index < -0.39 is 11.2 Å². The lowest BCUT2D eigenvalue weighted by atomic mass is 10.2. The van der Waals surface area contributed by atoms with Crippen molar-refractivity contribution in [2.75, 3.05) is 0 Å². The first-order valence-electron chi connectivity index (χ1n) is 7.78. The molecule has 0 saturated heterocycles. The second kappa shape index (κ2) is 6.32. The highest BCUT2D eigenvalue weighted by molar-refractivity contribution is 7.98. The molecule has 126 valence electrons. The molecule has 6 nitrogen and oxygen atoms in total. The summed E-state index contributed by atoms with van der Waals surface area (Å²) >= 11 is 1.57. The summed E-state index contributed by atoms with van der Waals surface area (Å²) in [6.45, 7) is 6.06. The average molecular weight is 344 g/mol. The normalized spacial score (nSPS) is 11.5. The lowest BCUT2D eigenvalue weighted by Crippen LogP contribution is -2.29. The summed E-state index contributed by atoms with van der Waals surface area (Å²) in [6, 6.07) is 8.40. The standard InChI is InChI=1S/C17H20N4O2S/c1-10(2)21-13-14(20(4)16(23)19-15(13)22)18-17(21)24-9-12-7-5-11(3)6-8-12/h5-8,10H,9H2,1-4H3,(H,19,22,23). The fourth-order valence-corrected chi connectivity index (χ4v) is 3.68. The van der Waals surface area contributed by atoms with Crippen molar-refractivity contribution < 1.29 is 0 Å². The molecule has 0 unspecified atom stereocenters. The Labute approximate surface area is 143 Å². The monoisotopic (exact) mass is 344 g/mol. The second-order valence-electron chi connectivity index (χ2n) is 6.12. The van der Waals surface area contributed by atoms with Crippen molar-refractivity contribution in [1.82, 2.24) is 19.1 Å². The van der Waals surface area contributed by atoms with E-state index in [1.807, 2.05) is 18.4 Å². The molecule has 3 aromatic rings. The number of fused-ring (bicyclic) bond motifs is 1. The number of benzene rings is 1. The van der Waals surface area contributed by atoms with Crippen LogP contribution >= 0.6 is 11.8 Å². The summed E-state index contributed by atoms with van der Waals surface area (Å²) in [6.07, 6.45) is 0. The highest BCUT2D eigenvalue weighted by Crippen LogP contribution is 2.27. The van der Waals surface area contributed by atoms with Crippen molar-refractivity contribution in [2.24, 2.45) is 7.05 Å².